The van der Waals surface area contributed by atoms with E-state index in [0.29, 0.717) is 12.1 Å². The van der Waals surface area contributed by atoms with E-state index in [4.69, 9.17) is 4.98 Å². The number of nitrogens with one attached hydrogen (secondary N) is 1. The summed E-state index contributed by atoms with van der Waals surface area (Å²) in [4.78, 5) is 7.29. The summed E-state index contributed by atoms with van der Waals surface area (Å²) < 4.78 is 2.46. The van der Waals surface area contributed by atoms with Crippen molar-refractivity contribution in [3.05, 3.63) is 11.9 Å². The number of imidazole rings is 1. The molecule has 2 fully saturated rings. The van der Waals surface area contributed by atoms with Crippen molar-refractivity contribution in [1.82, 2.24) is 14.9 Å². The number of aryl methyl sites for hydroxylation is 1. The molecule has 0 radical (unpaired) electrons. The monoisotopic (exact) mass is 262 g/mol. The van der Waals surface area contributed by atoms with Crippen molar-refractivity contribution in [2.24, 2.45) is 0 Å². The highest BCUT2D eigenvalue weighted by molar-refractivity contribution is 5.35. The van der Waals surface area contributed by atoms with Gasteiger partial charge in [0.15, 0.2) is 0 Å². The molecule has 1 aromatic heterocycles. The Morgan fingerprint density at radius 2 is 2.00 bits per heavy atom. The van der Waals surface area contributed by atoms with E-state index in [9.17, 15) is 0 Å². The Balaban J connectivity index is 1.82. The Hall–Kier alpha value is -1.03. The molecule has 1 saturated carbocycles. The van der Waals surface area contributed by atoms with Gasteiger partial charge in [0.25, 0.3) is 0 Å². The van der Waals surface area contributed by atoms with E-state index in [0.717, 1.165) is 18.8 Å². The van der Waals surface area contributed by atoms with Gasteiger partial charge in [0.1, 0.15) is 0 Å². The second-order valence-corrected chi connectivity index (χ2v) is 6.10. The second kappa shape index (κ2) is 5.53. The highest BCUT2D eigenvalue weighted by atomic mass is 15.3. The first kappa shape index (κ1) is 13.0. The number of hydrogen-bond acceptors (Lipinski definition) is 3. The van der Waals surface area contributed by atoms with Crippen molar-refractivity contribution in [3.63, 3.8) is 0 Å². The number of likely N-dealkylation sites (N-methyl/N-ethyl adjacent to an activating group) is 1. The van der Waals surface area contributed by atoms with Crippen LogP contribution in [0.1, 0.15) is 50.3 Å². The fourth-order valence-electron chi connectivity index (χ4n) is 3.58. The van der Waals surface area contributed by atoms with E-state index in [-0.39, 0.29) is 0 Å². The zero-order chi connectivity index (χ0) is 13.2. The average Bonchev–Trinajstić information content (AvgIpc) is 3.07. The minimum Gasteiger partial charge on any atom is -0.341 e. The zero-order valence-corrected chi connectivity index (χ0v) is 12.2. The minimum atomic E-state index is 0.614. The van der Waals surface area contributed by atoms with Gasteiger partial charge in [0.2, 0.25) is 5.95 Å². The van der Waals surface area contributed by atoms with Crippen LogP contribution in [0.25, 0.3) is 0 Å². The summed E-state index contributed by atoms with van der Waals surface area (Å²) in [7, 11) is 2.07. The lowest BCUT2D eigenvalue weighted by molar-refractivity contribution is 0.432. The molecule has 0 amide bonds. The molecule has 3 rings (SSSR count). The van der Waals surface area contributed by atoms with Crippen LogP contribution >= 0.6 is 0 Å². The van der Waals surface area contributed by atoms with Crippen LogP contribution < -0.4 is 10.2 Å². The highest BCUT2D eigenvalue weighted by Crippen LogP contribution is 2.33. The van der Waals surface area contributed by atoms with Gasteiger partial charge in [-0.3, -0.25) is 0 Å². The number of piperidine rings is 1. The van der Waals surface area contributed by atoms with Crippen molar-refractivity contribution < 1.29 is 0 Å². The zero-order valence-electron chi connectivity index (χ0n) is 12.2. The van der Waals surface area contributed by atoms with Crippen LogP contribution in [0, 0.1) is 6.92 Å². The van der Waals surface area contributed by atoms with Crippen LogP contribution in [0.5, 0.6) is 0 Å². The summed E-state index contributed by atoms with van der Waals surface area (Å²) >= 11 is 0. The topological polar surface area (TPSA) is 33.1 Å². The van der Waals surface area contributed by atoms with Gasteiger partial charge >= 0.3 is 0 Å². The molecule has 1 aliphatic heterocycles. The van der Waals surface area contributed by atoms with Gasteiger partial charge in [0, 0.05) is 31.4 Å². The third-order valence-corrected chi connectivity index (χ3v) is 4.66. The maximum atomic E-state index is 4.81. The molecule has 0 bridgehead atoms. The molecule has 1 N–H and O–H groups in total. The molecular formula is C15H26N4. The van der Waals surface area contributed by atoms with Gasteiger partial charge < -0.3 is 14.8 Å². The van der Waals surface area contributed by atoms with Gasteiger partial charge in [-0.15, -0.1) is 0 Å². The molecule has 1 unspecified atom stereocenters. The molecule has 0 aromatic carbocycles. The molecule has 1 atom stereocenters. The lowest BCUT2D eigenvalue weighted by atomic mass is 10.1. The lowest BCUT2D eigenvalue weighted by Gasteiger charge is -2.34. The minimum absolute atomic E-state index is 0.614. The fourth-order valence-corrected chi connectivity index (χ4v) is 3.58. The number of anilines is 1. The smallest absolute Gasteiger partial charge is 0.206 e. The summed E-state index contributed by atoms with van der Waals surface area (Å²) in [5.41, 5.74) is 1.16. The molecule has 106 valence electrons. The Kier molecular flexibility index (Phi) is 3.78. The van der Waals surface area contributed by atoms with Crippen LogP contribution in [0.3, 0.4) is 0 Å². The Morgan fingerprint density at radius 3 is 2.74 bits per heavy atom. The van der Waals surface area contributed by atoms with E-state index in [2.05, 4.69) is 35.0 Å². The maximum Gasteiger partial charge on any atom is 0.206 e. The van der Waals surface area contributed by atoms with Gasteiger partial charge in [0.05, 0.1) is 5.69 Å². The molecule has 1 aliphatic carbocycles. The summed E-state index contributed by atoms with van der Waals surface area (Å²) in [6.45, 7) is 4.37. The van der Waals surface area contributed by atoms with Crippen LogP contribution in [-0.4, -0.2) is 35.7 Å². The number of nitrogens with zero attached hydrogens (tertiary/aromatic N) is 3. The summed E-state index contributed by atoms with van der Waals surface area (Å²) in [5, 5.41) is 3.42. The quantitative estimate of drug-likeness (QED) is 0.908. The normalized spacial score (nSPS) is 25.2. The number of rotatable bonds is 3. The molecule has 0 spiro atoms. The van der Waals surface area contributed by atoms with Crippen molar-refractivity contribution >= 4 is 5.95 Å². The SMILES string of the molecule is CNC1CCCN(c2nc(C)cn2C2CCCC2)C1. The predicted molar refractivity (Wildman–Crippen MR) is 78.8 cm³/mol. The van der Waals surface area contributed by atoms with E-state index in [1.54, 1.807) is 0 Å². The third kappa shape index (κ3) is 2.64. The Bertz CT molecular complexity index is 420. The standard InChI is InChI=1S/C15H26N4/c1-12-10-19(14-7-3-4-8-14)15(17-12)18-9-5-6-13(11-18)16-2/h10,13-14,16H,3-9,11H2,1-2H3. The highest BCUT2D eigenvalue weighted by Gasteiger charge is 2.26. The summed E-state index contributed by atoms with van der Waals surface area (Å²) in [6.07, 6.45) is 10.2. The molecule has 1 saturated heterocycles. The molecule has 4 nitrogen and oxygen atoms in total. The molecule has 19 heavy (non-hydrogen) atoms. The van der Waals surface area contributed by atoms with Crippen LogP contribution in [0.4, 0.5) is 5.95 Å². The summed E-state index contributed by atoms with van der Waals surface area (Å²) in [5.74, 6) is 1.21. The second-order valence-electron chi connectivity index (χ2n) is 6.10. The van der Waals surface area contributed by atoms with Gasteiger partial charge in [-0.1, -0.05) is 12.8 Å². The molecule has 2 heterocycles. The number of hydrogen-bond donors (Lipinski definition) is 1. The van der Waals surface area contributed by atoms with Crippen molar-refractivity contribution in [3.8, 4) is 0 Å². The van der Waals surface area contributed by atoms with Gasteiger partial charge in [-0.25, -0.2) is 4.98 Å². The maximum absolute atomic E-state index is 4.81. The van der Waals surface area contributed by atoms with Crippen LogP contribution in [0.15, 0.2) is 6.20 Å². The molecule has 4 heteroatoms. The molecular weight excluding hydrogens is 236 g/mol. The van der Waals surface area contributed by atoms with E-state index < -0.39 is 0 Å². The fraction of sp³-hybridized carbons (Fsp3) is 0.800. The third-order valence-electron chi connectivity index (χ3n) is 4.66. The molecule has 2 aliphatic rings. The Labute approximate surface area is 116 Å². The average molecular weight is 262 g/mol. The number of aromatic nitrogens is 2. The Morgan fingerprint density at radius 1 is 1.21 bits per heavy atom. The van der Waals surface area contributed by atoms with Crippen molar-refractivity contribution in [1.29, 1.82) is 0 Å². The first-order chi connectivity index (χ1) is 9.28. The van der Waals surface area contributed by atoms with Crippen LogP contribution in [0.2, 0.25) is 0 Å². The first-order valence-electron chi connectivity index (χ1n) is 7.75. The van der Waals surface area contributed by atoms with Gasteiger partial charge in [-0.2, -0.15) is 0 Å². The van der Waals surface area contributed by atoms with Crippen LogP contribution in [-0.2, 0) is 0 Å². The largest absolute Gasteiger partial charge is 0.341 e. The molecule has 1 aromatic rings. The van der Waals surface area contributed by atoms with E-state index in [1.807, 2.05) is 0 Å². The van der Waals surface area contributed by atoms with Crippen molar-refractivity contribution in [2.75, 3.05) is 25.0 Å². The van der Waals surface area contributed by atoms with Gasteiger partial charge in [-0.05, 0) is 39.7 Å². The van der Waals surface area contributed by atoms with E-state index >= 15 is 0 Å². The summed E-state index contributed by atoms with van der Waals surface area (Å²) in [6, 6.07) is 1.30. The predicted octanol–water partition coefficient (Wildman–Crippen LogP) is 2.49. The lowest BCUT2D eigenvalue weighted by Crippen LogP contribution is -2.45. The van der Waals surface area contributed by atoms with Crippen molar-refractivity contribution in [2.45, 2.75) is 57.5 Å². The van der Waals surface area contributed by atoms with E-state index in [1.165, 1.54) is 44.5 Å². The first-order valence-corrected chi connectivity index (χ1v) is 7.75.